The first kappa shape index (κ1) is 15.8. The van der Waals surface area contributed by atoms with Crippen molar-refractivity contribution in [1.82, 2.24) is 0 Å². The monoisotopic (exact) mass is 307 g/mol. The summed E-state index contributed by atoms with van der Waals surface area (Å²) >= 11 is 0. The van der Waals surface area contributed by atoms with Crippen molar-refractivity contribution >= 4 is 11.6 Å². The Balaban J connectivity index is 2.13. The quantitative estimate of drug-likeness (QED) is 0.923. The van der Waals surface area contributed by atoms with E-state index in [1.165, 1.54) is 14.2 Å². The minimum Gasteiger partial charge on any atom is -0.497 e. The Morgan fingerprint density at radius 3 is 2.50 bits per heavy atom. The average molecular weight is 307 g/mol. The lowest BCUT2D eigenvalue weighted by Crippen LogP contribution is -2.15. The van der Waals surface area contributed by atoms with Crippen LogP contribution in [0.1, 0.15) is 5.56 Å². The number of halogens is 2. The SMILES string of the molecule is COc1cccc(CC(=O)Nc2cc(F)c(F)cc2OC)c1. The number of benzene rings is 2. The molecule has 4 nitrogen and oxygen atoms in total. The number of carbonyl (C=O) groups excluding carboxylic acids is 1. The largest absolute Gasteiger partial charge is 0.497 e. The number of rotatable bonds is 5. The van der Waals surface area contributed by atoms with Crippen molar-refractivity contribution in [2.75, 3.05) is 19.5 Å². The molecule has 0 spiro atoms. The van der Waals surface area contributed by atoms with Gasteiger partial charge in [0, 0.05) is 12.1 Å². The van der Waals surface area contributed by atoms with Crippen LogP contribution in [0.2, 0.25) is 0 Å². The number of carbonyl (C=O) groups is 1. The summed E-state index contributed by atoms with van der Waals surface area (Å²) in [6.45, 7) is 0. The number of anilines is 1. The molecule has 2 aromatic carbocycles. The minimum atomic E-state index is -1.06. The van der Waals surface area contributed by atoms with E-state index in [9.17, 15) is 13.6 Å². The van der Waals surface area contributed by atoms with Gasteiger partial charge in [-0.1, -0.05) is 12.1 Å². The van der Waals surface area contributed by atoms with Crippen molar-refractivity contribution in [3.05, 3.63) is 53.6 Å². The van der Waals surface area contributed by atoms with Crippen molar-refractivity contribution in [2.24, 2.45) is 0 Å². The molecule has 1 N–H and O–H groups in total. The van der Waals surface area contributed by atoms with Gasteiger partial charge in [-0.2, -0.15) is 0 Å². The van der Waals surface area contributed by atoms with E-state index in [4.69, 9.17) is 9.47 Å². The van der Waals surface area contributed by atoms with Crippen LogP contribution < -0.4 is 14.8 Å². The Morgan fingerprint density at radius 1 is 1.09 bits per heavy atom. The standard InChI is InChI=1S/C16H15F2NO3/c1-21-11-5-3-4-10(6-11)7-16(20)19-14-8-12(17)13(18)9-15(14)22-2/h3-6,8-9H,7H2,1-2H3,(H,19,20). The van der Waals surface area contributed by atoms with Crippen molar-refractivity contribution in [3.8, 4) is 11.5 Å². The third-order valence-electron chi connectivity index (χ3n) is 3.02. The Hall–Kier alpha value is -2.63. The van der Waals surface area contributed by atoms with E-state index < -0.39 is 11.6 Å². The normalized spacial score (nSPS) is 10.2. The maximum absolute atomic E-state index is 13.3. The van der Waals surface area contributed by atoms with Crippen molar-refractivity contribution < 1.29 is 23.0 Å². The Bertz CT molecular complexity index is 689. The van der Waals surface area contributed by atoms with E-state index >= 15 is 0 Å². The van der Waals surface area contributed by atoms with Gasteiger partial charge in [0.2, 0.25) is 5.91 Å². The molecule has 6 heteroatoms. The second-order valence-electron chi connectivity index (χ2n) is 4.54. The maximum Gasteiger partial charge on any atom is 0.228 e. The predicted molar refractivity (Wildman–Crippen MR) is 78.2 cm³/mol. The molecule has 0 saturated carbocycles. The molecule has 2 aromatic rings. The van der Waals surface area contributed by atoms with E-state index in [0.29, 0.717) is 5.75 Å². The molecular weight excluding hydrogens is 292 g/mol. The molecule has 22 heavy (non-hydrogen) atoms. The number of hydrogen-bond donors (Lipinski definition) is 1. The topological polar surface area (TPSA) is 47.6 Å². The molecule has 0 saturated heterocycles. The van der Waals surface area contributed by atoms with Crippen LogP contribution in [0.4, 0.5) is 14.5 Å². The summed E-state index contributed by atoms with van der Waals surface area (Å²) in [5.74, 6) is -1.79. The van der Waals surface area contributed by atoms with Gasteiger partial charge in [-0.3, -0.25) is 4.79 Å². The van der Waals surface area contributed by atoms with Crippen LogP contribution in [0.3, 0.4) is 0 Å². The maximum atomic E-state index is 13.3. The Kier molecular flexibility index (Phi) is 4.93. The first-order valence-electron chi connectivity index (χ1n) is 6.49. The Morgan fingerprint density at radius 2 is 1.82 bits per heavy atom. The molecule has 0 bridgehead atoms. The van der Waals surface area contributed by atoms with Crippen LogP contribution in [0.5, 0.6) is 11.5 Å². The second-order valence-corrected chi connectivity index (χ2v) is 4.54. The summed E-state index contributed by atoms with van der Waals surface area (Å²) in [6.07, 6.45) is 0.0688. The third kappa shape index (κ3) is 3.72. The smallest absolute Gasteiger partial charge is 0.228 e. The van der Waals surface area contributed by atoms with Gasteiger partial charge in [0.1, 0.15) is 11.5 Å². The van der Waals surface area contributed by atoms with Gasteiger partial charge in [0.05, 0.1) is 26.3 Å². The van der Waals surface area contributed by atoms with Gasteiger partial charge in [0.15, 0.2) is 11.6 Å². The van der Waals surface area contributed by atoms with E-state index in [0.717, 1.165) is 17.7 Å². The van der Waals surface area contributed by atoms with Gasteiger partial charge in [-0.05, 0) is 17.7 Å². The summed E-state index contributed by atoms with van der Waals surface area (Å²) in [5, 5.41) is 2.50. The van der Waals surface area contributed by atoms with E-state index in [-0.39, 0.29) is 23.8 Å². The summed E-state index contributed by atoms with van der Waals surface area (Å²) in [4.78, 5) is 12.0. The molecule has 1 amide bonds. The molecule has 0 heterocycles. The summed E-state index contributed by atoms with van der Waals surface area (Å²) in [6, 6.07) is 8.79. The number of nitrogens with one attached hydrogen (secondary N) is 1. The molecule has 0 aliphatic carbocycles. The molecule has 0 unspecified atom stereocenters. The minimum absolute atomic E-state index is 0.0536. The number of amides is 1. The predicted octanol–water partition coefficient (Wildman–Crippen LogP) is 3.16. The third-order valence-corrected chi connectivity index (χ3v) is 3.02. The lowest BCUT2D eigenvalue weighted by molar-refractivity contribution is -0.115. The zero-order valence-corrected chi connectivity index (χ0v) is 12.2. The number of hydrogen-bond acceptors (Lipinski definition) is 3. The summed E-state index contributed by atoms with van der Waals surface area (Å²) < 4.78 is 36.4. The average Bonchev–Trinajstić information content (AvgIpc) is 2.50. The van der Waals surface area contributed by atoms with Crippen LogP contribution in [0, 0.1) is 11.6 Å². The first-order chi connectivity index (χ1) is 10.5. The fourth-order valence-electron chi connectivity index (χ4n) is 1.96. The molecule has 2 rings (SSSR count). The van der Waals surface area contributed by atoms with Gasteiger partial charge in [-0.25, -0.2) is 8.78 Å². The van der Waals surface area contributed by atoms with Crippen LogP contribution >= 0.6 is 0 Å². The van der Waals surface area contributed by atoms with E-state index in [2.05, 4.69) is 5.32 Å². The van der Waals surface area contributed by atoms with Crippen LogP contribution in [-0.4, -0.2) is 20.1 Å². The molecule has 0 atom stereocenters. The molecule has 0 aromatic heterocycles. The summed E-state index contributed by atoms with van der Waals surface area (Å²) in [7, 11) is 2.84. The zero-order valence-electron chi connectivity index (χ0n) is 12.2. The molecular formula is C16H15F2NO3. The number of methoxy groups -OCH3 is 2. The molecule has 0 radical (unpaired) electrons. The van der Waals surface area contributed by atoms with Crippen LogP contribution in [-0.2, 0) is 11.2 Å². The molecule has 0 fully saturated rings. The van der Waals surface area contributed by atoms with Crippen LogP contribution in [0.25, 0.3) is 0 Å². The zero-order chi connectivity index (χ0) is 16.1. The second kappa shape index (κ2) is 6.89. The van der Waals surface area contributed by atoms with Crippen LogP contribution in [0.15, 0.2) is 36.4 Å². The lowest BCUT2D eigenvalue weighted by Gasteiger charge is -2.11. The summed E-state index contributed by atoms with van der Waals surface area (Å²) in [5.41, 5.74) is 0.813. The van der Waals surface area contributed by atoms with Crippen molar-refractivity contribution in [3.63, 3.8) is 0 Å². The number of ether oxygens (including phenoxy) is 2. The highest BCUT2D eigenvalue weighted by molar-refractivity contribution is 5.93. The van der Waals surface area contributed by atoms with Gasteiger partial charge < -0.3 is 14.8 Å². The Labute approximate surface area is 126 Å². The highest BCUT2D eigenvalue weighted by Crippen LogP contribution is 2.27. The van der Waals surface area contributed by atoms with Gasteiger partial charge >= 0.3 is 0 Å². The fraction of sp³-hybridized carbons (Fsp3) is 0.188. The van der Waals surface area contributed by atoms with Gasteiger partial charge in [0.25, 0.3) is 0 Å². The molecule has 116 valence electrons. The van der Waals surface area contributed by atoms with Crippen molar-refractivity contribution in [1.29, 1.82) is 0 Å². The molecule has 0 aliphatic heterocycles. The van der Waals surface area contributed by atoms with E-state index in [1.807, 2.05) is 0 Å². The highest BCUT2D eigenvalue weighted by atomic mass is 19.2. The molecule has 0 aliphatic rings. The first-order valence-corrected chi connectivity index (χ1v) is 6.49. The van der Waals surface area contributed by atoms with Crippen molar-refractivity contribution in [2.45, 2.75) is 6.42 Å². The fourth-order valence-corrected chi connectivity index (χ4v) is 1.96. The van der Waals surface area contributed by atoms with Gasteiger partial charge in [-0.15, -0.1) is 0 Å². The highest BCUT2D eigenvalue weighted by Gasteiger charge is 2.13. The lowest BCUT2D eigenvalue weighted by atomic mass is 10.1. The van der Waals surface area contributed by atoms with E-state index in [1.54, 1.807) is 24.3 Å².